The molecule has 54 heavy (non-hydrogen) atoms. The molecule has 0 saturated carbocycles. The normalized spacial score (nSPS) is 12.1. The maximum absolute atomic E-state index is 6.67. The average Bonchev–Trinajstić information content (AvgIpc) is 3.99. The predicted octanol–water partition coefficient (Wildman–Crippen LogP) is 13.3. The van der Waals surface area contributed by atoms with Gasteiger partial charge in [-0.2, -0.15) is 0 Å². The molecule has 0 aliphatic rings. The van der Waals surface area contributed by atoms with Crippen molar-refractivity contribution in [3.05, 3.63) is 176 Å². The molecule has 0 amide bonds. The second-order valence-electron chi connectivity index (χ2n) is 14.0. The summed E-state index contributed by atoms with van der Waals surface area (Å²) in [5.41, 5.74) is 13.2. The molecule has 0 saturated heterocycles. The van der Waals surface area contributed by atoms with Gasteiger partial charge in [0, 0.05) is 60.9 Å². The van der Waals surface area contributed by atoms with Crippen molar-refractivity contribution >= 4 is 76.7 Å². The Hall–Kier alpha value is -7.37. The van der Waals surface area contributed by atoms with Crippen molar-refractivity contribution in [1.82, 2.24) is 14.1 Å². The molecule has 0 spiro atoms. The zero-order valence-electron chi connectivity index (χ0n) is 28.9. The fraction of sp³-hybridized carbons (Fsp3) is 0. The van der Waals surface area contributed by atoms with Crippen molar-refractivity contribution in [2.75, 3.05) is 0 Å². The molecule has 0 bridgehead atoms. The Labute approximate surface area is 308 Å². The van der Waals surface area contributed by atoms with Crippen molar-refractivity contribution in [2.24, 2.45) is 0 Å². The topological polar surface area (TPSA) is 49.0 Å². The standard InChI is InChI=1S/C49H29N3O2/c1-2-11-32(12-3-1)52-43-19-8-6-17-41(43)50-49(52)31-23-21-30(22-24-31)34-15-10-16-37-39-27-33(25-26-46(39)54-48(34)37)51-42-18-7-4-13-35(42)38-28-40-36-14-5-9-20-45(36)53-47(40)29-44(38)51/h1-29H. The number of hydrogen-bond acceptors (Lipinski definition) is 3. The molecule has 4 aromatic heterocycles. The van der Waals surface area contributed by atoms with Crippen molar-refractivity contribution in [2.45, 2.75) is 0 Å². The summed E-state index contributed by atoms with van der Waals surface area (Å²) in [4.78, 5) is 5.07. The van der Waals surface area contributed by atoms with Crippen LogP contribution in [0.25, 0.3) is 111 Å². The van der Waals surface area contributed by atoms with E-state index in [1.165, 1.54) is 10.8 Å². The summed E-state index contributed by atoms with van der Waals surface area (Å²) in [6, 6.07) is 61.7. The van der Waals surface area contributed by atoms with E-state index in [2.05, 4.69) is 161 Å². The van der Waals surface area contributed by atoms with Crippen molar-refractivity contribution in [3.8, 4) is 33.9 Å². The van der Waals surface area contributed by atoms with Crippen LogP contribution in [0.3, 0.4) is 0 Å². The summed E-state index contributed by atoms with van der Waals surface area (Å²) < 4.78 is 17.6. The van der Waals surface area contributed by atoms with Gasteiger partial charge in [0.05, 0.1) is 22.1 Å². The zero-order valence-corrected chi connectivity index (χ0v) is 28.9. The highest BCUT2D eigenvalue weighted by Gasteiger charge is 2.19. The molecule has 0 fully saturated rings. The number of para-hydroxylation sites is 6. The Morgan fingerprint density at radius 3 is 1.96 bits per heavy atom. The highest BCUT2D eigenvalue weighted by atomic mass is 16.3. The van der Waals surface area contributed by atoms with Crippen LogP contribution in [0.1, 0.15) is 0 Å². The quantitative estimate of drug-likeness (QED) is 0.185. The first-order valence-corrected chi connectivity index (χ1v) is 18.2. The number of benzene rings is 8. The molecule has 0 unspecified atom stereocenters. The van der Waals surface area contributed by atoms with Gasteiger partial charge in [0.2, 0.25) is 0 Å². The van der Waals surface area contributed by atoms with E-state index in [0.717, 1.165) is 99.8 Å². The van der Waals surface area contributed by atoms with Crippen LogP contribution in [0.15, 0.2) is 185 Å². The summed E-state index contributed by atoms with van der Waals surface area (Å²) in [5, 5.41) is 6.84. The molecular weight excluding hydrogens is 663 g/mol. The van der Waals surface area contributed by atoms with Gasteiger partial charge >= 0.3 is 0 Å². The van der Waals surface area contributed by atoms with E-state index in [1.54, 1.807) is 0 Å². The highest BCUT2D eigenvalue weighted by molar-refractivity contribution is 6.18. The molecule has 8 aromatic carbocycles. The first-order chi connectivity index (χ1) is 26.8. The van der Waals surface area contributed by atoms with E-state index in [9.17, 15) is 0 Å². The molecular formula is C49H29N3O2. The minimum atomic E-state index is 0.856. The third kappa shape index (κ3) is 4.18. The lowest BCUT2D eigenvalue weighted by Crippen LogP contribution is -1.97. The summed E-state index contributed by atoms with van der Waals surface area (Å²) in [6.45, 7) is 0. The van der Waals surface area contributed by atoms with E-state index < -0.39 is 0 Å². The fourth-order valence-electron chi connectivity index (χ4n) is 8.48. The van der Waals surface area contributed by atoms with Crippen molar-refractivity contribution in [1.29, 1.82) is 0 Å². The number of aromatic nitrogens is 3. The Bertz CT molecular complexity index is 3430. The van der Waals surface area contributed by atoms with Crippen molar-refractivity contribution in [3.63, 3.8) is 0 Å². The molecule has 0 aliphatic heterocycles. The van der Waals surface area contributed by atoms with Crippen LogP contribution in [0.5, 0.6) is 0 Å². The summed E-state index contributed by atoms with van der Waals surface area (Å²) in [6.07, 6.45) is 0. The van der Waals surface area contributed by atoms with Gasteiger partial charge in [-0.15, -0.1) is 0 Å². The Morgan fingerprint density at radius 2 is 1.07 bits per heavy atom. The first-order valence-electron chi connectivity index (χ1n) is 18.2. The van der Waals surface area contributed by atoms with Gasteiger partial charge in [-0.05, 0) is 66.2 Å². The molecule has 12 aromatic rings. The van der Waals surface area contributed by atoms with E-state index in [1.807, 2.05) is 24.3 Å². The maximum atomic E-state index is 6.67. The number of furan rings is 2. The van der Waals surface area contributed by atoms with Gasteiger partial charge in [0.25, 0.3) is 0 Å². The number of hydrogen-bond donors (Lipinski definition) is 0. The molecule has 12 rings (SSSR count). The SMILES string of the molecule is c1ccc(-n2c(-c3ccc(-c4cccc5c4oc4ccc(-n6c7ccccc7c7cc8c(cc76)oc6ccccc68)cc45)cc3)nc3ccccc32)cc1. The van der Waals surface area contributed by atoms with Crippen LogP contribution in [-0.4, -0.2) is 14.1 Å². The molecule has 0 radical (unpaired) electrons. The van der Waals surface area contributed by atoms with E-state index in [4.69, 9.17) is 13.8 Å². The molecule has 0 aliphatic carbocycles. The minimum absolute atomic E-state index is 0.856. The lowest BCUT2D eigenvalue weighted by molar-refractivity contribution is 0.669. The maximum Gasteiger partial charge on any atom is 0.145 e. The van der Waals surface area contributed by atoms with Gasteiger partial charge in [-0.3, -0.25) is 4.57 Å². The van der Waals surface area contributed by atoms with Crippen LogP contribution in [0, 0.1) is 0 Å². The van der Waals surface area contributed by atoms with E-state index >= 15 is 0 Å². The Kier molecular flexibility index (Phi) is 5.99. The Morgan fingerprint density at radius 1 is 0.370 bits per heavy atom. The van der Waals surface area contributed by atoms with Crippen LogP contribution in [0.4, 0.5) is 0 Å². The number of imidazole rings is 1. The van der Waals surface area contributed by atoms with E-state index in [-0.39, 0.29) is 0 Å². The lowest BCUT2D eigenvalue weighted by Gasteiger charge is -2.10. The van der Waals surface area contributed by atoms with Crippen LogP contribution >= 0.6 is 0 Å². The highest BCUT2D eigenvalue weighted by Crippen LogP contribution is 2.41. The van der Waals surface area contributed by atoms with Gasteiger partial charge in [0.1, 0.15) is 28.2 Å². The monoisotopic (exact) mass is 691 g/mol. The Balaban J connectivity index is 0.991. The molecule has 0 N–H and O–H groups in total. The fourth-order valence-corrected chi connectivity index (χ4v) is 8.48. The van der Waals surface area contributed by atoms with E-state index in [0.29, 0.717) is 0 Å². The molecule has 5 nitrogen and oxygen atoms in total. The average molecular weight is 692 g/mol. The third-order valence-electron chi connectivity index (χ3n) is 10.9. The second-order valence-corrected chi connectivity index (χ2v) is 14.0. The zero-order chi connectivity index (χ0) is 35.3. The largest absolute Gasteiger partial charge is 0.456 e. The lowest BCUT2D eigenvalue weighted by atomic mass is 10.0. The predicted molar refractivity (Wildman–Crippen MR) is 221 cm³/mol. The van der Waals surface area contributed by atoms with Gasteiger partial charge in [-0.25, -0.2) is 4.98 Å². The number of fused-ring (bicyclic) bond motifs is 10. The third-order valence-corrected chi connectivity index (χ3v) is 10.9. The number of rotatable bonds is 4. The smallest absolute Gasteiger partial charge is 0.145 e. The second kappa shape index (κ2) is 11.1. The van der Waals surface area contributed by atoms with Crippen LogP contribution in [-0.2, 0) is 0 Å². The van der Waals surface area contributed by atoms with Gasteiger partial charge in [-0.1, -0.05) is 109 Å². The van der Waals surface area contributed by atoms with Crippen LogP contribution in [0.2, 0.25) is 0 Å². The molecule has 4 heterocycles. The molecule has 5 heteroatoms. The van der Waals surface area contributed by atoms with Gasteiger partial charge in [0.15, 0.2) is 0 Å². The molecule has 0 atom stereocenters. The molecule has 252 valence electrons. The summed E-state index contributed by atoms with van der Waals surface area (Å²) in [5.74, 6) is 0.912. The summed E-state index contributed by atoms with van der Waals surface area (Å²) in [7, 11) is 0. The first kappa shape index (κ1) is 29.2. The van der Waals surface area contributed by atoms with Crippen LogP contribution < -0.4 is 0 Å². The van der Waals surface area contributed by atoms with Gasteiger partial charge < -0.3 is 13.4 Å². The number of nitrogens with zero attached hydrogens (tertiary/aromatic N) is 3. The minimum Gasteiger partial charge on any atom is -0.456 e. The summed E-state index contributed by atoms with van der Waals surface area (Å²) >= 11 is 0. The van der Waals surface area contributed by atoms with Crippen molar-refractivity contribution < 1.29 is 8.83 Å².